The number of hydrogen-bond acceptors (Lipinski definition) is 3. The summed E-state index contributed by atoms with van der Waals surface area (Å²) in [5, 5.41) is 5.71. The third-order valence-corrected chi connectivity index (χ3v) is 4.31. The van der Waals surface area contributed by atoms with Gasteiger partial charge in [0.15, 0.2) is 0 Å². The largest absolute Gasteiger partial charge is 0.348 e. The van der Waals surface area contributed by atoms with Crippen molar-refractivity contribution in [3.63, 3.8) is 0 Å². The molecule has 0 aliphatic carbocycles. The van der Waals surface area contributed by atoms with Gasteiger partial charge in [-0.15, -0.1) is 11.3 Å². The van der Waals surface area contributed by atoms with Crippen LogP contribution in [0.4, 0.5) is 0 Å². The van der Waals surface area contributed by atoms with Gasteiger partial charge < -0.3 is 10.6 Å². The maximum absolute atomic E-state index is 12.2. The SMILES string of the molecule is Cc1cc([C@H](C)NC(=O)[C@@H](C)NC(=O)C(C)(C)C)c(C)s1. The van der Waals surface area contributed by atoms with Crippen LogP contribution in [-0.4, -0.2) is 17.9 Å². The number of amides is 2. The van der Waals surface area contributed by atoms with Gasteiger partial charge in [-0.25, -0.2) is 0 Å². The summed E-state index contributed by atoms with van der Waals surface area (Å²) < 4.78 is 0. The fourth-order valence-electron chi connectivity index (χ4n) is 1.98. The fourth-order valence-corrected chi connectivity index (χ4v) is 3.00. The molecule has 0 saturated carbocycles. The Kier molecular flexibility index (Phi) is 5.56. The third kappa shape index (κ3) is 4.84. The Hall–Kier alpha value is -1.36. The van der Waals surface area contributed by atoms with Crippen LogP contribution in [0.15, 0.2) is 6.07 Å². The van der Waals surface area contributed by atoms with Gasteiger partial charge in [0.1, 0.15) is 6.04 Å². The molecule has 2 N–H and O–H groups in total. The first-order valence-corrected chi connectivity index (χ1v) is 8.02. The summed E-state index contributed by atoms with van der Waals surface area (Å²) in [4.78, 5) is 26.5. The molecule has 0 radical (unpaired) electrons. The van der Waals surface area contributed by atoms with Gasteiger partial charge in [-0.05, 0) is 39.3 Å². The monoisotopic (exact) mass is 310 g/mol. The van der Waals surface area contributed by atoms with E-state index in [1.54, 1.807) is 18.3 Å². The minimum atomic E-state index is -0.542. The molecule has 1 rings (SSSR count). The maximum Gasteiger partial charge on any atom is 0.242 e. The van der Waals surface area contributed by atoms with E-state index in [0.29, 0.717) is 0 Å². The van der Waals surface area contributed by atoms with Crippen LogP contribution in [0.25, 0.3) is 0 Å². The van der Waals surface area contributed by atoms with Crippen LogP contribution in [0.2, 0.25) is 0 Å². The summed E-state index contributed by atoms with van der Waals surface area (Å²) in [6, 6.07) is 1.50. The van der Waals surface area contributed by atoms with Crippen LogP contribution in [-0.2, 0) is 9.59 Å². The van der Waals surface area contributed by atoms with Crippen molar-refractivity contribution in [3.8, 4) is 0 Å². The topological polar surface area (TPSA) is 58.2 Å². The summed E-state index contributed by atoms with van der Waals surface area (Å²) >= 11 is 1.73. The van der Waals surface area contributed by atoms with Crippen molar-refractivity contribution >= 4 is 23.2 Å². The van der Waals surface area contributed by atoms with E-state index in [2.05, 4.69) is 30.5 Å². The molecule has 0 fully saturated rings. The van der Waals surface area contributed by atoms with E-state index >= 15 is 0 Å². The number of thiophene rings is 1. The molecular formula is C16H26N2O2S. The number of rotatable bonds is 4. The first-order chi connectivity index (χ1) is 9.52. The second-order valence-corrected chi connectivity index (χ2v) is 8.00. The Bertz CT molecular complexity index is 529. The zero-order valence-electron chi connectivity index (χ0n) is 14.0. The standard InChI is InChI=1S/C16H26N2O2S/c1-9-8-13(12(4)21-9)10(2)17-14(19)11(3)18-15(20)16(5,6)7/h8,10-11H,1-7H3,(H,17,19)(H,18,20)/t10-,11+/m0/s1. The van der Waals surface area contributed by atoms with E-state index in [9.17, 15) is 9.59 Å². The van der Waals surface area contributed by atoms with E-state index in [-0.39, 0.29) is 17.9 Å². The van der Waals surface area contributed by atoms with Crippen molar-refractivity contribution in [1.29, 1.82) is 0 Å². The first-order valence-electron chi connectivity index (χ1n) is 7.20. The van der Waals surface area contributed by atoms with Crippen molar-refractivity contribution in [1.82, 2.24) is 10.6 Å². The van der Waals surface area contributed by atoms with E-state index in [4.69, 9.17) is 0 Å². The van der Waals surface area contributed by atoms with Gasteiger partial charge in [-0.3, -0.25) is 9.59 Å². The molecule has 2 amide bonds. The lowest BCUT2D eigenvalue weighted by Gasteiger charge is -2.23. The van der Waals surface area contributed by atoms with Gasteiger partial charge in [-0.1, -0.05) is 20.8 Å². The molecule has 5 heteroatoms. The van der Waals surface area contributed by atoms with Crippen molar-refractivity contribution in [2.24, 2.45) is 5.41 Å². The number of aryl methyl sites for hydroxylation is 2. The van der Waals surface area contributed by atoms with Gasteiger partial charge in [0.05, 0.1) is 6.04 Å². The minimum absolute atomic E-state index is 0.0589. The van der Waals surface area contributed by atoms with Crippen molar-refractivity contribution in [2.75, 3.05) is 0 Å². The summed E-state index contributed by atoms with van der Waals surface area (Å²) in [7, 11) is 0. The highest BCUT2D eigenvalue weighted by molar-refractivity contribution is 7.12. The molecule has 0 aliphatic rings. The fraction of sp³-hybridized carbons (Fsp3) is 0.625. The molecule has 0 spiro atoms. The molecule has 1 aromatic heterocycles. The van der Waals surface area contributed by atoms with Crippen LogP contribution >= 0.6 is 11.3 Å². The van der Waals surface area contributed by atoms with E-state index in [1.165, 1.54) is 9.75 Å². The maximum atomic E-state index is 12.2. The predicted octanol–water partition coefficient (Wildman–Crippen LogP) is 3.09. The Labute approximate surface area is 131 Å². The molecule has 0 unspecified atom stereocenters. The zero-order chi connectivity index (χ0) is 16.4. The summed E-state index contributed by atoms with van der Waals surface area (Å²) in [5.74, 6) is -0.288. The highest BCUT2D eigenvalue weighted by Crippen LogP contribution is 2.26. The first kappa shape index (κ1) is 17.7. The van der Waals surface area contributed by atoms with Crippen LogP contribution < -0.4 is 10.6 Å². The van der Waals surface area contributed by atoms with Gasteiger partial charge in [0.25, 0.3) is 0 Å². The van der Waals surface area contributed by atoms with Crippen molar-refractivity contribution in [3.05, 3.63) is 21.4 Å². The molecule has 2 atom stereocenters. The summed E-state index contributed by atoms with van der Waals surface area (Å²) in [6.45, 7) is 13.3. The zero-order valence-corrected chi connectivity index (χ0v) is 14.8. The molecule has 4 nitrogen and oxygen atoms in total. The predicted molar refractivity (Wildman–Crippen MR) is 87.4 cm³/mol. The lowest BCUT2D eigenvalue weighted by molar-refractivity contribution is -0.133. The summed E-state index contributed by atoms with van der Waals surface area (Å²) in [5.41, 5.74) is 0.640. The molecule has 118 valence electrons. The van der Waals surface area contributed by atoms with Crippen LogP contribution in [0, 0.1) is 19.3 Å². The summed E-state index contributed by atoms with van der Waals surface area (Å²) in [6.07, 6.45) is 0. The Balaban J connectivity index is 2.64. The van der Waals surface area contributed by atoms with E-state index < -0.39 is 11.5 Å². The minimum Gasteiger partial charge on any atom is -0.348 e. The smallest absolute Gasteiger partial charge is 0.242 e. The van der Waals surface area contributed by atoms with Crippen molar-refractivity contribution in [2.45, 2.75) is 60.5 Å². The highest BCUT2D eigenvalue weighted by Gasteiger charge is 2.26. The molecule has 0 saturated heterocycles. The van der Waals surface area contributed by atoms with Gasteiger partial charge >= 0.3 is 0 Å². The second-order valence-electron chi connectivity index (χ2n) is 6.54. The number of hydrogen-bond donors (Lipinski definition) is 2. The van der Waals surface area contributed by atoms with E-state index in [0.717, 1.165) is 5.56 Å². The normalized spacial score (nSPS) is 14.4. The Morgan fingerprint density at radius 1 is 1.14 bits per heavy atom. The van der Waals surface area contributed by atoms with Crippen LogP contribution in [0.1, 0.15) is 56.0 Å². The lowest BCUT2D eigenvalue weighted by Crippen LogP contribution is -2.48. The molecular weight excluding hydrogens is 284 g/mol. The van der Waals surface area contributed by atoms with Gasteiger partial charge in [-0.2, -0.15) is 0 Å². The Morgan fingerprint density at radius 3 is 2.14 bits per heavy atom. The van der Waals surface area contributed by atoms with E-state index in [1.807, 2.05) is 27.7 Å². The van der Waals surface area contributed by atoms with Gasteiger partial charge in [0, 0.05) is 15.2 Å². The average Bonchev–Trinajstić information content (AvgIpc) is 2.66. The second kappa shape index (κ2) is 6.60. The van der Waals surface area contributed by atoms with Crippen LogP contribution in [0.5, 0.6) is 0 Å². The molecule has 0 bridgehead atoms. The number of nitrogens with one attached hydrogen (secondary N) is 2. The number of carbonyl (C=O) groups excluding carboxylic acids is 2. The Morgan fingerprint density at radius 2 is 1.71 bits per heavy atom. The third-order valence-electron chi connectivity index (χ3n) is 3.33. The molecule has 1 aromatic rings. The lowest BCUT2D eigenvalue weighted by atomic mass is 9.95. The number of carbonyl (C=O) groups is 2. The quantitative estimate of drug-likeness (QED) is 0.898. The van der Waals surface area contributed by atoms with Crippen LogP contribution in [0.3, 0.4) is 0 Å². The highest BCUT2D eigenvalue weighted by atomic mass is 32.1. The van der Waals surface area contributed by atoms with Crippen molar-refractivity contribution < 1.29 is 9.59 Å². The molecule has 0 aliphatic heterocycles. The average molecular weight is 310 g/mol. The van der Waals surface area contributed by atoms with Gasteiger partial charge in [0.2, 0.25) is 11.8 Å². The molecule has 21 heavy (non-hydrogen) atoms. The molecule has 0 aromatic carbocycles. The molecule has 1 heterocycles.